The second-order valence-corrected chi connectivity index (χ2v) is 7.34. The Morgan fingerprint density at radius 2 is 1.79 bits per heavy atom. The van der Waals surface area contributed by atoms with Gasteiger partial charge in [-0.05, 0) is 61.7 Å². The summed E-state index contributed by atoms with van der Waals surface area (Å²) in [7, 11) is 0. The lowest BCUT2D eigenvalue weighted by atomic mass is 10.0. The molecule has 1 saturated heterocycles. The SMILES string of the molecule is C[C@@H]1CCCCN1Cc1ccc(NC(=O)NCc2ccc(OC(F)F)cc2)cc1. The summed E-state index contributed by atoms with van der Waals surface area (Å²) in [5, 5.41) is 5.55. The number of nitrogens with zero attached hydrogens (tertiary/aromatic N) is 1. The Balaban J connectivity index is 1.44. The number of anilines is 1. The van der Waals surface area contributed by atoms with E-state index in [-0.39, 0.29) is 18.3 Å². The minimum Gasteiger partial charge on any atom is -0.435 e. The molecule has 0 radical (unpaired) electrons. The van der Waals surface area contributed by atoms with E-state index in [2.05, 4.69) is 27.2 Å². The van der Waals surface area contributed by atoms with Gasteiger partial charge in [-0.3, -0.25) is 4.90 Å². The standard InChI is InChI=1S/C22H27F2N3O2/c1-16-4-2-3-13-27(16)15-18-5-9-19(10-6-18)26-22(28)25-14-17-7-11-20(12-8-17)29-21(23)24/h5-12,16,21H,2-4,13-15H2,1H3,(H2,25,26,28)/t16-/m1/s1. The Kier molecular flexibility index (Phi) is 7.41. The molecular formula is C22H27F2N3O2. The van der Waals surface area contributed by atoms with E-state index in [1.807, 2.05) is 24.3 Å². The number of alkyl halides is 2. The highest BCUT2D eigenvalue weighted by Gasteiger charge is 2.18. The lowest BCUT2D eigenvalue weighted by Gasteiger charge is -2.33. The molecule has 1 heterocycles. The Morgan fingerprint density at radius 3 is 2.45 bits per heavy atom. The summed E-state index contributed by atoms with van der Waals surface area (Å²) in [4.78, 5) is 14.6. The number of amides is 2. The molecule has 2 aromatic carbocycles. The molecule has 1 atom stereocenters. The largest absolute Gasteiger partial charge is 0.435 e. The van der Waals surface area contributed by atoms with E-state index in [1.165, 1.54) is 37.0 Å². The summed E-state index contributed by atoms with van der Waals surface area (Å²) < 4.78 is 28.6. The second-order valence-electron chi connectivity index (χ2n) is 7.34. The van der Waals surface area contributed by atoms with Gasteiger partial charge in [0.05, 0.1) is 0 Å². The number of rotatable bonds is 7. The van der Waals surface area contributed by atoms with E-state index < -0.39 is 6.61 Å². The van der Waals surface area contributed by atoms with Crippen molar-refractivity contribution in [1.82, 2.24) is 10.2 Å². The predicted molar refractivity (Wildman–Crippen MR) is 109 cm³/mol. The number of likely N-dealkylation sites (tertiary alicyclic amines) is 1. The second kappa shape index (κ2) is 10.2. The van der Waals surface area contributed by atoms with Crippen molar-refractivity contribution in [2.24, 2.45) is 0 Å². The lowest BCUT2D eigenvalue weighted by molar-refractivity contribution is -0.0498. The molecule has 0 aromatic heterocycles. The molecule has 0 bridgehead atoms. The molecule has 0 saturated carbocycles. The molecule has 7 heteroatoms. The number of benzene rings is 2. The van der Waals surface area contributed by atoms with E-state index in [4.69, 9.17) is 0 Å². The van der Waals surface area contributed by atoms with Crippen LogP contribution in [-0.2, 0) is 13.1 Å². The van der Waals surface area contributed by atoms with Crippen LogP contribution in [0.2, 0.25) is 0 Å². The maximum atomic E-state index is 12.2. The first-order valence-corrected chi connectivity index (χ1v) is 9.91. The normalized spacial score (nSPS) is 17.2. The van der Waals surface area contributed by atoms with Gasteiger partial charge in [0.25, 0.3) is 0 Å². The zero-order valence-corrected chi connectivity index (χ0v) is 16.5. The summed E-state index contributed by atoms with van der Waals surface area (Å²) >= 11 is 0. The first-order chi connectivity index (χ1) is 14.0. The number of carbonyl (C=O) groups is 1. The van der Waals surface area contributed by atoms with Crippen LogP contribution in [0.15, 0.2) is 48.5 Å². The first kappa shape index (κ1) is 21.0. The number of piperidine rings is 1. The van der Waals surface area contributed by atoms with Gasteiger partial charge >= 0.3 is 12.6 Å². The highest BCUT2D eigenvalue weighted by atomic mass is 19.3. The Bertz CT molecular complexity index is 782. The van der Waals surface area contributed by atoms with Gasteiger partial charge in [0, 0.05) is 24.8 Å². The van der Waals surface area contributed by atoms with Crippen LogP contribution in [-0.4, -0.2) is 30.1 Å². The number of ether oxygens (including phenoxy) is 1. The minimum absolute atomic E-state index is 0.0900. The van der Waals surface area contributed by atoms with Crippen molar-refractivity contribution in [3.8, 4) is 5.75 Å². The van der Waals surface area contributed by atoms with Gasteiger partial charge in [-0.25, -0.2) is 4.79 Å². The summed E-state index contributed by atoms with van der Waals surface area (Å²) in [6, 6.07) is 14.3. The Labute approximate surface area is 170 Å². The molecule has 0 unspecified atom stereocenters. The van der Waals surface area contributed by atoms with Crippen LogP contribution in [0.1, 0.15) is 37.3 Å². The molecule has 2 amide bonds. The van der Waals surface area contributed by atoms with Gasteiger partial charge in [-0.2, -0.15) is 8.78 Å². The monoisotopic (exact) mass is 403 g/mol. The van der Waals surface area contributed by atoms with Gasteiger partial charge in [-0.15, -0.1) is 0 Å². The average Bonchev–Trinajstić information content (AvgIpc) is 2.70. The molecule has 0 spiro atoms. The third-order valence-corrected chi connectivity index (χ3v) is 5.14. The average molecular weight is 403 g/mol. The summed E-state index contributed by atoms with van der Waals surface area (Å²) in [5.74, 6) is 0.0900. The van der Waals surface area contributed by atoms with Crippen molar-refractivity contribution >= 4 is 11.7 Å². The van der Waals surface area contributed by atoms with E-state index in [9.17, 15) is 13.6 Å². The molecule has 3 rings (SSSR count). The fraction of sp³-hybridized carbons (Fsp3) is 0.409. The molecule has 2 N–H and O–H groups in total. The minimum atomic E-state index is -2.85. The molecule has 156 valence electrons. The van der Waals surface area contributed by atoms with Crippen molar-refractivity contribution in [3.05, 3.63) is 59.7 Å². The maximum absolute atomic E-state index is 12.2. The van der Waals surface area contributed by atoms with Crippen LogP contribution in [0.5, 0.6) is 5.75 Å². The van der Waals surface area contributed by atoms with Gasteiger partial charge in [0.1, 0.15) is 5.75 Å². The third kappa shape index (κ3) is 6.71. The van der Waals surface area contributed by atoms with E-state index in [0.29, 0.717) is 6.04 Å². The molecule has 2 aromatic rings. The number of halogens is 2. The third-order valence-electron chi connectivity index (χ3n) is 5.14. The highest BCUT2D eigenvalue weighted by molar-refractivity contribution is 5.89. The summed E-state index contributed by atoms with van der Waals surface area (Å²) in [6.07, 6.45) is 3.82. The van der Waals surface area contributed by atoms with Crippen molar-refractivity contribution in [1.29, 1.82) is 0 Å². The maximum Gasteiger partial charge on any atom is 0.387 e. The van der Waals surface area contributed by atoms with Crippen molar-refractivity contribution < 1.29 is 18.3 Å². The van der Waals surface area contributed by atoms with Gasteiger partial charge in [0.2, 0.25) is 0 Å². The molecule has 1 fully saturated rings. The van der Waals surface area contributed by atoms with Gasteiger partial charge < -0.3 is 15.4 Å². The fourth-order valence-corrected chi connectivity index (χ4v) is 3.47. The topological polar surface area (TPSA) is 53.6 Å². The van der Waals surface area contributed by atoms with E-state index >= 15 is 0 Å². The molecule has 1 aliphatic rings. The molecule has 1 aliphatic heterocycles. The molecule has 5 nitrogen and oxygen atoms in total. The fourth-order valence-electron chi connectivity index (χ4n) is 3.47. The highest BCUT2D eigenvalue weighted by Crippen LogP contribution is 2.20. The van der Waals surface area contributed by atoms with E-state index in [1.54, 1.807) is 12.1 Å². The number of nitrogens with one attached hydrogen (secondary N) is 2. The van der Waals surface area contributed by atoms with Crippen molar-refractivity contribution in [2.75, 3.05) is 11.9 Å². The zero-order chi connectivity index (χ0) is 20.6. The van der Waals surface area contributed by atoms with Crippen molar-refractivity contribution in [3.63, 3.8) is 0 Å². The van der Waals surface area contributed by atoms with Crippen molar-refractivity contribution in [2.45, 2.75) is 51.9 Å². The summed E-state index contributed by atoms with van der Waals surface area (Å²) in [6.45, 7) is 1.78. The lowest BCUT2D eigenvalue weighted by Crippen LogP contribution is -2.36. The van der Waals surface area contributed by atoms with Crippen LogP contribution in [0.3, 0.4) is 0 Å². The predicted octanol–water partition coefficient (Wildman–Crippen LogP) is 4.98. The van der Waals surface area contributed by atoms with Crippen LogP contribution in [0.4, 0.5) is 19.3 Å². The quantitative estimate of drug-likeness (QED) is 0.685. The van der Waals surface area contributed by atoms with Crippen LogP contribution < -0.4 is 15.4 Å². The zero-order valence-electron chi connectivity index (χ0n) is 16.5. The number of urea groups is 1. The van der Waals surface area contributed by atoms with Gasteiger partial charge in [-0.1, -0.05) is 30.7 Å². The number of hydrogen-bond acceptors (Lipinski definition) is 3. The number of hydrogen-bond donors (Lipinski definition) is 2. The Hall–Kier alpha value is -2.67. The van der Waals surface area contributed by atoms with Crippen LogP contribution in [0, 0.1) is 0 Å². The van der Waals surface area contributed by atoms with Gasteiger partial charge in [0.15, 0.2) is 0 Å². The Morgan fingerprint density at radius 1 is 1.10 bits per heavy atom. The van der Waals surface area contributed by atoms with E-state index in [0.717, 1.165) is 24.3 Å². The summed E-state index contributed by atoms with van der Waals surface area (Å²) in [5.41, 5.74) is 2.74. The van der Waals surface area contributed by atoms with Crippen LogP contribution in [0.25, 0.3) is 0 Å². The number of carbonyl (C=O) groups excluding carboxylic acids is 1. The van der Waals surface area contributed by atoms with Crippen LogP contribution >= 0.6 is 0 Å². The first-order valence-electron chi connectivity index (χ1n) is 9.91. The molecule has 29 heavy (non-hydrogen) atoms. The molecule has 0 aliphatic carbocycles. The smallest absolute Gasteiger partial charge is 0.387 e. The molecular weight excluding hydrogens is 376 g/mol.